The molecule has 0 aliphatic heterocycles. The Morgan fingerprint density at radius 2 is 1.94 bits per heavy atom. The zero-order chi connectivity index (χ0) is 12.0. The smallest absolute Gasteiger partial charge is 0.325 e. The van der Waals surface area contributed by atoms with E-state index in [0.717, 1.165) is 12.3 Å². The molecule has 1 aliphatic carbocycles. The van der Waals surface area contributed by atoms with Crippen LogP contribution in [0, 0.1) is 5.92 Å². The van der Waals surface area contributed by atoms with Gasteiger partial charge in [-0.25, -0.2) is 0 Å². The van der Waals surface area contributed by atoms with Gasteiger partial charge in [-0.15, -0.1) is 0 Å². The first-order valence-corrected chi connectivity index (χ1v) is 5.94. The topological polar surface area (TPSA) is 46.6 Å². The highest BCUT2D eigenvalue weighted by atomic mass is 16.5. The molecule has 0 N–H and O–H groups in total. The molecule has 1 amide bonds. The van der Waals surface area contributed by atoms with Crippen molar-refractivity contribution in [1.82, 2.24) is 4.90 Å². The molecule has 1 saturated carbocycles. The van der Waals surface area contributed by atoms with Crippen molar-refractivity contribution in [3.63, 3.8) is 0 Å². The number of hydrogen-bond acceptors (Lipinski definition) is 3. The number of ether oxygens (including phenoxy) is 1. The van der Waals surface area contributed by atoms with E-state index in [-0.39, 0.29) is 18.4 Å². The van der Waals surface area contributed by atoms with Crippen LogP contribution in [0.4, 0.5) is 0 Å². The largest absolute Gasteiger partial charge is 0.468 e. The van der Waals surface area contributed by atoms with E-state index >= 15 is 0 Å². The van der Waals surface area contributed by atoms with Crippen molar-refractivity contribution in [2.45, 2.75) is 38.5 Å². The number of likely N-dealkylation sites (N-methyl/N-ethyl adjacent to an activating group) is 1. The Morgan fingerprint density at radius 1 is 1.31 bits per heavy atom. The van der Waals surface area contributed by atoms with E-state index in [1.165, 1.54) is 37.7 Å². The number of methoxy groups -OCH3 is 1. The van der Waals surface area contributed by atoms with Gasteiger partial charge in [0, 0.05) is 13.5 Å². The number of rotatable bonds is 5. The maximum atomic E-state index is 11.7. The van der Waals surface area contributed by atoms with Gasteiger partial charge in [0.1, 0.15) is 6.54 Å². The summed E-state index contributed by atoms with van der Waals surface area (Å²) in [5.74, 6) is 0.393. The zero-order valence-electron chi connectivity index (χ0n) is 10.2. The molecule has 1 rings (SSSR count). The standard InChI is InChI=1S/C12H21NO3/c1-13(9-12(15)16-2)11(14)8-7-10-5-3-4-6-10/h10H,3-9H2,1-2H3. The molecule has 0 atom stereocenters. The minimum Gasteiger partial charge on any atom is -0.468 e. The first kappa shape index (κ1) is 13.0. The molecule has 0 aromatic heterocycles. The Morgan fingerprint density at radius 3 is 2.50 bits per heavy atom. The highest BCUT2D eigenvalue weighted by Crippen LogP contribution is 2.28. The number of carbonyl (C=O) groups is 2. The van der Waals surface area contributed by atoms with Gasteiger partial charge in [0.05, 0.1) is 7.11 Å². The third-order valence-electron chi connectivity index (χ3n) is 3.26. The van der Waals surface area contributed by atoms with Gasteiger partial charge < -0.3 is 9.64 Å². The number of hydrogen-bond donors (Lipinski definition) is 0. The fourth-order valence-electron chi connectivity index (χ4n) is 2.16. The second kappa shape index (κ2) is 6.51. The molecule has 0 spiro atoms. The van der Waals surface area contributed by atoms with E-state index in [0.29, 0.717) is 6.42 Å². The summed E-state index contributed by atoms with van der Waals surface area (Å²) in [5, 5.41) is 0. The van der Waals surface area contributed by atoms with E-state index in [1.807, 2.05) is 0 Å². The minimum absolute atomic E-state index is 0.0392. The SMILES string of the molecule is COC(=O)CN(C)C(=O)CCC1CCCC1. The fraction of sp³-hybridized carbons (Fsp3) is 0.833. The molecule has 1 aliphatic rings. The average molecular weight is 227 g/mol. The van der Waals surface area contributed by atoms with E-state index in [1.54, 1.807) is 7.05 Å². The van der Waals surface area contributed by atoms with Gasteiger partial charge >= 0.3 is 5.97 Å². The summed E-state index contributed by atoms with van der Waals surface area (Å²) in [6.45, 7) is 0.0556. The highest BCUT2D eigenvalue weighted by molar-refractivity contribution is 5.81. The van der Waals surface area contributed by atoms with Gasteiger partial charge in [0.25, 0.3) is 0 Å². The fourth-order valence-corrected chi connectivity index (χ4v) is 2.16. The molecular weight excluding hydrogens is 206 g/mol. The second-order valence-corrected chi connectivity index (χ2v) is 4.52. The molecule has 4 nitrogen and oxygen atoms in total. The van der Waals surface area contributed by atoms with Crippen molar-refractivity contribution in [3.05, 3.63) is 0 Å². The third-order valence-corrected chi connectivity index (χ3v) is 3.26. The molecule has 0 aromatic carbocycles. The van der Waals surface area contributed by atoms with Gasteiger partial charge in [-0.3, -0.25) is 9.59 Å². The molecule has 0 heterocycles. The first-order valence-electron chi connectivity index (χ1n) is 5.94. The van der Waals surface area contributed by atoms with Gasteiger partial charge in [-0.2, -0.15) is 0 Å². The van der Waals surface area contributed by atoms with Crippen LogP contribution in [0.1, 0.15) is 38.5 Å². The Labute approximate surface area is 96.9 Å². The maximum Gasteiger partial charge on any atom is 0.325 e. The lowest BCUT2D eigenvalue weighted by molar-refractivity contribution is -0.146. The van der Waals surface area contributed by atoms with E-state index in [4.69, 9.17) is 0 Å². The Balaban J connectivity index is 2.20. The summed E-state index contributed by atoms with van der Waals surface area (Å²) in [7, 11) is 2.98. The molecule has 0 aromatic rings. The van der Waals surface area contributed by atoms with Crippen LogP contribution in [0.3, 0.4) is 0 Å². The quantitative estimate of drug-likeness (QED) is 0.670. The minimum atomic E-state index is -0.364. The average Bonchev–Trinajstić information content (AvgIpc) is 2.78. The van der Waals surface area contributed by atoms with Crippen molar-refractivity contribution in [3.8, 4) is 0 Å². The maximum absolute atomic E-state index is 11.7. The predicted octanol–water partition coefficient (Wildman–Crippen LogP) is 1.59. The molecule has 0 unspecified atom stereocenters. The van der Waals surface area contributed by atoms with Crippen molar-refractivity contribution in [2.24, 2.45) is 5.92 Å². The molecule has 0 radical (unpaired) electrons. The number of amides is 1. The Bertz CT molecular complexity index is 247. The summed E-state index contributed by atoms with van der Waals surface area (Å²) < 4.78 is 4.52. The lowest BCUT2D eigenvalue weighted by Crippen LogP contribution is -2.32. The van der Waals surface area contributed by atoms with Crippen molar-refractivity contribution in [2.75, 3.05) is 20.7 Å². The number of esters is 1. The van der Waals surface area contributed by atoms with Crippen LogP contribution in [-0.2, 0) is 14.3 Å². The summed E-state index contributed by atoms with van der Waals surface area (Å²) in [5.41, 5.74) is 0. The van der Waals surface area contributed by atoms with Crippen LogP contribution in [0.25, 0.3) is 0 Å². The van der Waals surface area contributed by atoms with E-state index in [9.17, 15) is 9.59 Å². The Hall–Kier alpha value is -1.06. The molecular formula is C12H21NO3. The molecule has 92 valence electrons. The second-order valence-electron chi connectivity index (χ2n) is 4.52. The van der Waals surface area contributed by atoms with Gasteiger partial charge in [0.15, 0.2) is 0 Å². The molecule has 4 heteroatoms. The summed E-state index contributed by atoms with van der Waals surface area (Å²) >= 11 is 0. The van der Waals surface area contributed by atoms with Crippen molar-refractivity contribution >= 4 is 11.9 Å². The molecule has 0 saturated heterocycles. The molecule has 0 bridgehead atoms. The third kappa shape index (κ3) is 4.21. The monoisotopic (exact) mass is 227 g/mol. The van der Waals surface area contributed by atoms with Crippen LogP contribution in [0.15, 0.2) is 0 Å². The van der Waals surface area contributed by atoms with Crippen molar-refractivity contribution in [1.29, 1.82) is 0 Å². The van der Waals surface area contributed by atoms with E-state index < -0.39 is 0 Å². The van der Waals surface area contributed by atoms with Crippen molar-refractivity contribution < 1.29 is 14.3 Å². The lowest BCUT2D eigenvalue weighted by atomic mass is 10.0. The Kier molecular flexibility index (Phi) is 5.29. The van der Waals surface area contributed by atoms with Crippen LogP contribution in [0.2, 0.25) is 0 Å². The number of nitrogens with zero attached hydrogens (tertiary/aromatic N) is 1. The highest BCUT2D eigenvalue weighted by Gasteiger charge is 2.18. The first-order chi connectivity index (χ1) is 7.63. The van der Waals surface area contributed by atoms with Crippen LogP contribution in [-0.4, -0.2) is 37.5 Å². The van der Waals surface area contributed by atoms with Gasteiger partial charge in [0.2, 0.25) is 5.91 Å². The van der Waals surface area contributed by atoms with Gasteiger partial charge in [-0.05, 0) is 12.3 Å². The van der Waals surface area contributed by atoms with Crippen LogP contribution >= 0.6 is 0 Å². The summed E-state index contributed by atoms with van der Waals surface area (Å²) in [6.07, 6.45) is 6.64. The molecule has 1 fully saturated rings. The zero-order valence-corrected chi connectivity index (χ0v) is 10.2. The normalized spacial score (nSPS) is 16.1. The molecule has 16 heavy (non-hydrogen) atoms. The number of carbonyl (C=O) groups excluding carboxylic acids is 2. The lowest BCUT2D eigenvalue weighted by Gasteiger charge is -2.16. The van der Waals surface area contributed by atoms with Crippen LogP contribution < -0.4 is 0 Å². The predicted molar refractivity (Wildman–Crippen MR) is 60.8 cm³/mol. The van der Waals surface area contributed by atoms with E-state index in [2.05, 4.69) is 4.74 Å². The summed E-state index contributed by atoms with van der Waals surface area (Å²) in [4.78, 5) is 24.1. The van der Waals surface area contributed by atoms with Gasteiger partial charge in [-0.1, -0.05) is 25.7 Å². The summed E-state index contributed by atoms with van der Waals surface area (Å²) in [6, 6.07) is 0. The van der Waals surface area contributed by atoms with Crippen LogP contribution in [0.5, 0.6) is 0 Å².